The maximum absolute atomic E-state index is 12.5. The Morgan fingerprint density at radius 1 is 1.26 bits per heavy atom. The van der Waals surface area contributed by atoms with Crippen molar-refractivity contribution in [2.24, 2.45) is 0 Å². The molecule has 3 aromatic rings. The molecule has 3 rings (SSSR count). The number of carbonyl (C=O) groups excluding carboxylic acids is 1. The molecular formula is C16H18N6O. The van der Waals surface area contributed by atoms with E-state index in [0.717, 1.165) is 24.5 Å². The van der Waals surface area contributed by atoms with Gasteiger partial charge in [-0.25, -0.2) is 4.68 Å². The minimum Gasteiger partial charge on any atom is -0.345 e. The monoisotopic (exact) mass is 310 g/mol. The van der Waals surface area contributed by atoms with Gasteiger partial charge >= 0.3 is 0 Å². The fourth-order valence-electron chi connectivity index (χ4n) is 2.37. The molecule has 0 saturated heterocycles. The minimum absolute atomic E-state index is 0.165. The van der Waals surface area contributed by atoms with Crippen molar-refractivity contribution in [3.8, 4) is 5.69 Å². The number of aryl methyl sites for hydroxylation is 1. The summed E-state index contributed by atoms with van der Waals surface area (Å²) < 4.78 is 3.62. The molecule has 0 atom stereocenters. The van der Waals surface area contributed by atoms with Crippen LogP contribution in [0.1, 0.15) is 29.5 Å². The number of benzene rings is 1. The summed E-state index contributed by atoms with van der Waals surface area (Å²) in [5.74, 6) is 0.582. The lowest BCUT2D eigenvalue weighted by Crippen LogP contribution is -2.26. The van der Waals surface area contributed by atoms with Crippen LogP contribution >= 0.6 is 0 Å². The number of nitrogens with zero attached hydrogens (tertiary/aromatic N) is 5. The lowest BCUT2D eigenvalue weighted by Gasteiger charge is -2.10. The van der Waals surface area contributed by atoms with Gasteiger partial charge in [-0.2, -0.15) is 5.10 Å². The fraction of sp³-hybridized carbons (Fsp3) is 0.250. The van der Waals surface area contributed by atoms with Crippen molar-refractivity contribution in [2.75, 3.05) is 0 Å². The smallest absolute Gasteiger partial charge is 0.253 e. The molecule has 0 unspecified atom stereocenters. The van der Waals surface area contributed by atoms with Gasteiger partial charge in [0, 0.05) is 18.9 Å². The van der Waals surface area contributed by atoms with Crippen molar-refractivity contribution in [2.45, 2.75) is 26.4 Å². The molecule has 1 aromatic carbocycles. The van der Waals surface area contributed by atoms with Crippen LogP contribution in [0.2, 0.25) is 0 Å². The van der Waals surface area contributed by atoms with E-state index in [1.165, 1.54) is 0 Å². The summed E-state index contributed by atoms with van der Waals surface area (Å²) in [7, 11) is 0. The first-order valence-electron chi connectivity index (χ1n) is 7.53. The molecule has 0 radical (unpaired) electrons. The second-order valence-electron chi connectivity index (χ2n) is 5.09. The Bertz CT molecular complexity index is 777. The van der Waals surface area contributed by atoms with Gasteiger partial charge in [0.2, 0.25) is 0 Å². The number of carbonyl (C=O) groups is 1. The molecule has 0 spiro atoms. The second-order valence-corrected chi connectivity index (χ2v) is 5.09. The number of aromatic nitrogens is 5. The molecule has 0 bridgehead atoms. The normalized spacial score (nSPS) is 10.7. The fourth-order valence-corrected chi connectivity index (χ4v) is 2.37. The van der Waals surface area contributed by atoms with Crippen LogP contribution in [0.15, 0.2) is 49.1 Å². The SMILES string of the molecule is CCCn1cnnc1CNC(=O)c1ccccc1-n1cccn1. The van der Waals surface area contributed by atoms with Crippen LogP contribution in [0.5, 0.6) is 0 Å². The highest BCUT2D eigenvalue weighted by Crippen LogP contribution is 2.13. The number of hydrogen-bond donors (Lipinski definition) is 1. The van der Waals surface area contributed by atoms with E-state index in [4.69, 9.17) is 0 Å². The Labute approximate surface area is 134 Å². The van der Waals surface area contributed by atoms with Gasteiger partial charge in [0.05, 0.1) is 17.8 Å². The molecule has 2 aromatic heterocycles. The molecular weight excluding hydrogens is 292 g/mol. The first-order valence-corrected chi connectivity index (χ1v) is 7.53. The third-order valence-electron chi connectivity index (χ3n) is 3.47. The van der Waals surface area contributed by atoms with Gasteiger partial charge in [-0.05, 0) is 24.6 Å². The Balaban J connectivity index is 1.75. The number of para-hydroxylation sites is 1. The predicted molar refractivity (Wildman–Crippen MR) is 85.0 cm³/mol. The average molecular weight is 310 g/mol. The summed E-state index contributed by atoms with van der Waals surface area (Å²) in [4.78, 5) is 12.5. The Kier molecular flexibility index (Phi) is 4.46. The van der Waals surface area contributed by atoms with E-state index in [9.17, 15) is 4.79 Å². The van der Waals surface area contributed by atoms with Crippen LogP contribution in [-0.2, 0) is 13.1 Å². The van der Waals surface area contributed by atoms with Gasteiger partial charge in [0.1, 0.15) is 6.33 Å². The van der Waals surface area contributed by atoms with E-state index in [1.807, 2.05) is 35.0 Å². The highest BCUT2D eigenvalue weighted by Gasteiger charge is 2.13. The molecule has 0 aliphatic rings. The molecule has 2 heterocycles. The number of rotatable bonds is 6. The van der Waals surface area contributed by atoms with Crippen molar-refractivity contribution < 1.29 is 4.79 Å². The Morgan fingerprint density at radius 3 is 2.91 bits per heavy atom. The number of nitrogens with one attached hydrogen (secondary N) is 1. The van der Waals surface area contributed by atoms with E-state index in [1.54, 1.807) is 23.3 Å². The standard InChI is InChI=1S/C16H18N6O/c1-2-9-21-12-18-20-15(21)11-17-16(23)13-6-3-4-7-14(13)22-10-5-8-19-22/h3-8,10,12H,2,9,11H2,1H3,(H,17,23). The minimum atomic E-state index is -0.165. The maximum Gasteiger partial charge on any atom is 0.253 e. The van der Waals surface area contributed by atoms with E-state index in [2.05, 4.69) is 27.5 Å². The topological polar surface area (TPSA) is 77.6 Å². The Hall–Kier alpha value is -2.96. The molecule has 7 heteroatoms. The highest BCUT2D eigenvalue weighted by molar-refractivity contribution is 5.97. The zero-order valence-electron chi connectivity index (χ0n) is 12.9. The lowest BCUT2D eigenvalue weighted by atomic mass is 10.1. The van der Waals surface area contributed by atoms with Crippen molar-refractivity contribution in [3.05, 3.63) is 60.4 Å². The van der Waals surface area contributed by atoms with Gasteiger partial charge in [-0.1, -0.05) is 19.1 Å². The number of amides is 1. The zero-order valence-corrected chi connectivity index (χ0v) is 12.9. The summed E-state index contributed by atoms with van der Waals surface area (Å²) in [5.41, 5.74) is 1.31. The predicted octanol–water partition coefficient (Wildman–Crippen LogP) is 1.80. The molecule has 7 nitrogen and oxygen atoms in total. The van der Waals surface area contributed by atoms with Gasteiger partial charge in [-0.3, -0.25) is 4.79 Å². The summed E-state index contributed by atoms with van der Waals surface area (Å²) in [6.45, 7) is 3.26. The van der Waals surface area contributed by atoms with Crippen LogP contribution in [-0.4, -0.2) is 30.5 Å². The molecule has 0 saturated carbocycles. The summed E-state index contributed by atoms with van der Waals surface area (Å²) >= 11 is 0. The van der Waals surface area contributed by atoms with Crippen LogP contribution in [0.25, 0.3) is 5.69 Å². The molecule has 118 valence electrons. The zero-order chi connectivity index (χ0) is 16.1. The van der Waals surface area contributed by atoms with E-state index >= 15 is 0 Å². The van der Waals surface area contributed by atoms with E-state index < -0.39 is 0 Å². The molecule has 1 N–H and O–H groups in total. The van der Waals surface area contributed by atoms with Crippen molar-refractivity contribution in [1.82, 2.24) is 29.9 Å². The molecule has 1 amide bonds. The molecule has 23 heavy (non-hydrogen) atoms. The van der Waals surface area contributed by atoms with Gasteiger partial charge in [0.25, 0.3) is 5.91 Å². The largest absolute Gasteiger partial charge is 0.345 e. The van der Waals surface area contributed by atoms with Crippen molar-refractivity contribution in [3.63, 3.8) is 0 Å². The van der Waals surface area contributed by atoms with Crippen LogP contribution < -0.4 is 5.32 Å². The van der Waals surface area contributed by atoms with Crippen LogP contribution in [0.3, 0.4) is 0 Å². The average Bonchev–Trinajstić information content (AvgIpc) is 3.25. The molecule has 0 aliphatic carbocycles. The van der Waals surface area contributed by atoms with E-state index in [-0.39, 0.29) is 5.91 Å². The number of hydrogen-bond acceptors (Lipinski definition) is 4. The first kappa shape index (κ1) is 15.0. The maximum atomic E-state index is 12.5. The highest BCUT2D eigenvalue weighted by atomic mass is 16.1. The Morgan fingerprint density at radius 2 is 2.13 bits per heavy atom. The summed E-state index contributed by atoms with van der Waals surface area (Å²) in [6.07, 6.45) is 6.16. The summed E-state index contributed by atoms with van der Waals surface area (Å²) in [5, 5.41) is 15.0. The quantitative estimate of drug-likeness (QED) is 0.753. The van der Waals surface area contributed by atoms with Crippen molar-refractivity contribution in [1.29, 1.82) is 0 Å². The molecule has 0 fully saturated rings. The van der Waals surface area contributed by atoms with Gasteiger partial charge in [0.15, 0.2) is 5.82 Å². The van der Waals surface area contributed by atoms with Crippen LogP contribution in [0.4, 0.5) is 0 Å². The van der Waals surface area contributed by atoms with E-state index in [0.29, 0.717) is 12.1 Å². The van der Waals surface area contributed by atoms with Gasteiger partial charge in [-0.15, -0.1) is 10.2 Å². The third-order valence-corrected chi connectivity index (χ3v) is 3.47. The third kappa shape index (κ3) is 3.28. The molecule has 0 aliphatic heterocycles. The van der Waals surface area contributed by atoms with Crippen molar-refractivity contribution >= 4 is 5.91 Å². The van der Waals surface area contributed by atoms with Crippen LogP contribution in [0, 0.1) is 0 Å². The van der Waals surface area contributed by atoms with Gasteiger partial charge < -0.3 is 9.88 Å². The first-order chi connectivity index (χ1) is 11.3. The second kappa shape index (κ2) is 6.87. The summed E-state index contributed by atoms with van der Waals surface area (Å²) in [6, 6.07) is 9.18. The lowest BCUT2D eigenvalue weighted by molar-refractivity contribution is 0.0949.